The summed E-state index contributed by atoms with van der Waals surface area (Å²) in [6.07, 6.45) is 0.931. The van der Waals surface area contributed by atoms with Gasteiger partial charge in [-0.1, -0.05) is 54.6 Å². The van der Waals surface area contributed by atoms with Gasteiger partial charge in [0.15, 0.2) is 5.96 Å². The van der Waals surface area contributed by atoms with E-state index in [2.05, 4.69) is 28.5 Å². The number of nitrogens with two attached hydrogens (primary N) is 1. The highest BCUT2D eigenvalue weighted by molar-refractivity contribution is 14.0. The maximum atomic E-state index is 5.90. The quantitative estimate of drug-likeness (QED) is 0.407. The molecule has 2 rings (SSSR count). The van der Waals surface area contributed by atoms with Gasteiger partial charge in [-0.25, -0.2) is 4.99 Å². The van der Waals surface area contributed by atoms with E-state index in [9.17, 15) is 0 Å². The molecule has 0 radical (unpaired) electrons. The third-order valence-corrected chi connectivity index (χ3v) is 3.30. The number of methoxy groups -OCH3 is 1. The molecule has 0 bridgehead atoms. The van der Waals surface area contributed by atoms with Crippen LogP contribution >= 0.6 is 24.0 Å². The van der Waals surface area contributed by atoms with Crippen LogP contribution < -0.4 is 11.1 Å². The Kier molecular flexibility index (Phi) is 9.31. The highest BCUT2D eigenvalue weighted by atomic mass is 127. The van der Waals surface area contributed by atoms with Gasteiger partial charge in [-0.05, 0) is 23.1 Å². The molecule has 0 fully saturated rings. The summed E-state index contributed by atoms with van der Waals surface area (Å²) in [5.41, 5.74) is 9.46. The van der Waals surface area contributed by atoms with Gasteiger partial charge in [0.25, 0.3) is 0 Å². The van der Waals surface area contributed by atoms with Crippen LogP contribution in [-0.2, 0) is 24.3 Å². The van der Waals surface area contributed by atoms with Crippen LogP contribution in [0.2, 0.25) is 0 Å². The lowest BCUT2D eigenvalue weighted by atomic mass is 10.1. The van der Waals surface area contributed by atoms with Crippen molar-refractivity contribution in [2.24, 2.45) is 10.7 Å². The molecule has 0 spiro atoms. The standard InChI is InChI=1S/C18H23N3O.HI/c1-22-14-17-9-5-8-16(12-17)13-21-18(19)20-11-10-15-6-3-2-4-7-15;/h2-9,12H,10-11,13-14H2,1H3,(H3,19,20,21);1H. The summed E-state index contributed by atoms with van der Waals surface area (Å²) in [6, 6.07) is 18.5. The van der Waals surface area contributed by atoms with Crippen molar-refractivity contribution < 1.29 is 4.74 Å². The van der Waals surface area contributed by atoms with Gasteiger partial charge in [0.05, 0.1) is 13.2 Å². The lowest BCUT2D eigenvalue weighted by Gasteiger charge is -2.06. The third-order valence-electron chi connectivity index (χ3n) is 3.30. The summed E-state index contributed by atoms with van der Waals surface area (Å²) >= 11 is 0. The molecule has 0 aliphatic heterocycles. The second-order valence-corrected chi connectivity index (χ2v) is 5.12. The Hall–Kier alpha value is -1.60. The van der Waals surface area contributed by atoms with Crippen molar-refractivity contribution >= 4 is 29.9 Å². The average Bonchev–Trinajstić information content (AvgIpc) is 2.55. The number of guanidine groups is 1. The van der Waals surface area contributed by atoms with Crippen molar-refractivity contribution in [3.63, 3.8) is 0 Å². The first-order valence-corrected chi connectivity index (χ1v) is 7.42. The molecule has 23 heavy (non-hydrogen) atoms. The van der Waals surface area contributed by atoms with E-state index in [-0.39, 0.29) is 24.0 Å². The van der Waals surface area contributed by atoms with E-state index >= 15 is 0 Å². The van der Waals surface area contributed by atoms with Gasteiger partial charge in [0.1, 0.15) is 0 Å². The Bertz CT molecular complexity index is 602. The summed E-state index contributed by atoms with van der Waals surface area (Å²) in [6.45, 7) is 1.97. The molecule has 5 heteroatoms. The predicted molar refractivity (Wildman–Crippen MR) is 106 cm³/mol. The fourth-order valence-corrected chi connectivity index (χ4v) is 2.20. The van der Waals surface area contributed by atoms with Gasteiger partial charge in [0.2, 0.25) is 0 Å². The molecule has 0 heterocycles. The third kappa shape index (κ3) is 7.47. The fraction of sp³-hybridized carbons (Fsp3) is 0.278. The Labute approximate surface area is 155 Å². The van der Waals surface area contributed by atoms with E-state index in [1.165, 1.54) is 5.56 Å². The minimum Gasteiger partial charge on any atom is -0.380 e. The van der Waals surface area contributed by atoms with E-state index in [0.717, 1.165) is 24.1 Å². The number of rotatable bonds is 7. The Morgan fingerprint density at radius 1 is 1.04 bits per heavy atom. The molecule has 0 aliphatic carbocycles. The van der Waals surface area contributed by atoms with Crippen molar-refractivity contribution in [2.45, 2.75) is 19.6 Å². The zero-order valence-corrected chi connectivity index (χ0v) is 15.7. The molecule has 0 atom stereocenters. The monoisotopic (exact) mass is 425 g/mol. The van der Waals surface area contributed by atoms with Crippen LogP contribution in [0, 0.1) is 0 Å². The molecule has 0 aliphatic rings. The van der Waals surface area contributed by atoms with E-state index in [1.807, 2.05) is 36.4 Å². The zero-order chi connectivity index (χ0) is 15.6. The minimum atomic E-state index is 0. The van der Waals surface area contributed by atoms with Gasteiger partial charge in [-0.3, -0.25) is 0 Å². The molecule has 3 N–H and O–H groups in total. The van der Waals surface area contributed by atoms with Gasteiger partial charge < -0.3 is 15.8 Å². The maximum absolute atomic E-state index is 5.90. The number of nitrogens with zero attached hydrogens (tertiary/aromatic N) is 1. The molecule has 2 aromatic rings. The number of nitrogens with one attached hydrogen (secondary N) is 1. The minimum absolute atomic E-state index is 0. The largest absolute Gasteiger partial charge is 0.380 e. The van der Waals surface area contributed by atoms with Crippen LogP contribution in [0.25, 0.3) is 0 Å². The van der Waals surface area contributed by atoms with E-state index in [0.29, 0.717) is 19.1 Å². The van der Waals surface area contributed by atoms with Crippen LogP contribution in [0.15, 0.2) is 59.6 Å². The lowest BCUT2D eigenvalue weighted by molar-refractivity contribution is 0.185. The highest BCUT2D eigenvalue weighted by Gasteiger charge is 1.97. The number of hydrogen-bond acceptors (Lipinski definition) is 2. The summed E-state index contributed by atoms with van der Waals surface area (Å²) in [5, 5.41) is 3.14. The fourth-order valence-electron chi connectivity index (χ4n) is 2.20. The SMILES string of the molecule is COCc1cccc(CN=C(N)NCCc2ccccc2)c1.I. The van der Waals surface area contributed by atoms with E-state index in [4.69, 9.17) is 10.5 Å². The number of halogens is 1. The van der Waals surface area contributed by atoms with Gasteiger partial charge in [0, 0.05) is 13.7 Å². The summed E-state index contributed by atoms with van der Waals surface area (Å²) in [4.78, 5) is 4.37. The first kappa shape index (κ1) is 19.4. The lowest BCUT2D eigenvalue weighted by Crippen LogP contribution is -2.33. The summed E-state index contributed by atoms with van der Waals surface area (Å²) < 4.78 is 5.13. The van der Waals surface area contributed by atoms with E-state index in [1.54, 1.807) is 7.11 Å². The molecule has 4 nitrogen and oxygen atoms in total. The molecule has 2 aromatic carbocycles. The number of benzene rings is 2. The van der Waals surface area contributed by atoms with Gasteiger partial charge >= 0.3 is 0 Å². The molecular weight excluding hydrogens is 401 g/mol. The highest BCUT2D eigenvalue weighted by Crippen LogP contribution is 2.07. The van der Waals surface area contributed by atoms with Crippen molar-refractivity contribution in [2.75, 3.05) is 13.7 Å². The van der Waals surface area contributed by atoms with E-state index < -0.39 is 0 Å². The van der Waals surface area contributed by atoms with Crippen molar-refractivity contribution in [1.29, 1.82) is 0 Å². The Morgan fingerprint density at radius 3 is 2.48 bits per heavy atom. The number of ether oxygens (including phenoxy) is 1. The first-order chi connectivity index (χ1) is 10.8. The molecule has 0 saturated heterocycles. The van der Waals surface area contributed by atoms with Gasteiger partial charge in [-0.2, -0.15) is 0 Å². The van der Waals surface area contributed by atoms with Crippen LogP contribution in [0.4, 0.5) is 0 Å². The molecular formula is C18H24IN3O. The Balaban J connectivity index is 0.00000264. The van der Waals surface area contributed by atoms with Crippen molar-refractivity contribution in [1.82, 2.24) is 5.32 Å². The molecule has 0 saturated carbocycles. The van der Waals surface area contributed by atoms with Crippen LogP contribution in [0.5, 0.6) is 0 Å². The summed E-state index contributed by atoms with van der Waals surface area (Å²) in [7, 11) is 1.69. The molecule has 124 valence electrons. The van der Waals surface area contributed by atoms with Crippen molar-refractivity contribution in [3.05, 3.63) is 71.3 Å². The zero-order valence-electron chi connectivity index (χ0n) is 13.4. The normalized spacial score (nSPS) is 10.9. The average molecular weight is 425 g/mol. The predicted octanol–water partition coefficient (Wildman–Crippen LogP) is 3.10. The van der Waals surface area contributed by atoms with Crippen molar-refractivity contribution in [3.8, 4) is 0 Å². The molecule has 0 aromatic heterocycles. The maximum Gasteiger partial charge on any atom is 0.188 e. The summed E-state index contributed by atoms with van der Waals surface area (Å²) in [5.74, 6) is 0.480. The van der Waals surface area contributed by atoms with Crippen LogP contribution in [-0.4, -0.2) is 19.6 Å². The topological polar surface area (TPSA) is 59.6 Å². The second kappa shape index (κ2) is 11.0. The first-order valence-electron chi connectivity index (χ1n) is 7.42. The smallest absolute Gasteiger partial charge is 0.188 e. The molecule has 0 amide bonds. The second-order valence-electron chi connectivity index (χ2n) is 5.12. The van der Waals surface area contributed by atoms with Crippen LogP contribution in [0.3, 0.4) is 0 Å². The van der Waals surface area contributed by atoms with Crippen LogP contribution in [0.1, 0.15) is 16.7 Å². The number of hydrogen-bond donors (Lipinski definition) is 2. The Morgan fingerprint density at radius 2 is 1.74 bits per heavy atom. The van der Waals surface area contributed by atoms with Gasteiger partial charge in [-0.15, -0.1) is 24.0 Å². The number of aliphatic imine (C=N–C) groups is 1. The molecule has 0 unspecified atom stereocenters.